The molecule has 0 saturated carbocycles. The summed E-state index contributed by atoms with van der Waals surface area (Å²) in [5, 5.41) is 0. The number of nitrogen functional groups attached to an aromatic ring is 1. The van der Waals surface area contributed by atoms with Crippen molar-refractivity contribution in [2.24, 2.45) is 0 Å². The Bertz CT molecular complexity index is 432. The predicted octanol–water partition coefficient (Wildman–Crippen LogP) is 4.09. The summed E-state index contributed by atoms with van der Waals surface area (Å²) in [6.07, 6.45) is -0.627. The monoisotopic (exact) mass is 289 g/mol. The lowest BCUT2D eigenvalue weighted by Gasteiger charge is -2.32. The number of nitrogens with two attached hydrogens (primary N) is 1. The Morgan fingerprint density at radius 1 is 1.35 bits per heavy atom. The molecule has 0 bridgehead atoms. The van der Waals surface area contributed by atoms with Crippen molar-refractivity contribution in [3.8, 4) is 0 Å². The first-order valence-corrected chi connectivity index (χ1v) is 6.90. The van der Waals surface area contributed by atoms with E-state index >= 15 is 0 Å². The third-order valence-electron chi connectivity index (χ3n) is 3.39. The van der Waals surface area contributed by atoms with Crippen LogP contribution < -0.4 is 10.6 Å². The van der Waals surface area contributed by atoms with E-state index in [1.54, 1.807) is 0 Å². The lowest BCUT2D eigenvalue weighted by Crippen LogP contribution is -2.34. The van der Waals surface area contributed by atoms with Crippen LogP contribution >= 0.6 is 0 Å². The van der Waals surface area contributed by atoms with E-state index in [2.05, 4.69) is 4.98 Å². The topological polar surface area (TPSA) is 42.2 Å². The van der Waals surface area contributed by atoms with Gasteiger partial charge in [-0.25, -0.2) is 4.98 Å². The second-order valence-corrected chi connectivity index (χ2v) is 4.93. The molecule has 0 aromatic carbocycles. The van der Waals surface area contributed by atoms with Crippen LogP contribution in [0.4, 0.5) is 24.5 Å². The van der Waals surface area contributed by atoms with Crippen LogP contribution in [0.25, 0.3) is 0 Å². The minimum Gasteiger partial charge on any atom is -0.396 e. The van der Waals surface area contributed by atoms with Crippen molar-refractivity contribution in [1.29, 1.82) is 0 Å². The number of anilines is 2. The highest BCUT2D eigenvalue weighted by Gasteiger charge is 2.33. The van der Waals surface area contributed by atoms with Gasteiger partial charge in [-0.3, -0.25) is 0 Å². The van der Waals surface area contributed by atoms with Gasteiger partial charge in [0.25, 0.3) is 0 Å². The Balaban J connectivity index is 3.17. The summed E-state index contributed by atoms with van der Waals surface area (Å²) in [6.45, 7) is 6.73. The van der Waals surface area contributed by atoms with Gasteiger partial charge in [-0.15, -0.1) is 0 Å². The molecule has 0 spiro atoms. The molecular weight excluding hydrogens is 267 g/mol. The van der Waals surface area contributed by atoms with Crippen LogP contribution in [0.5, 0.6) is 0 Å². The van der Waals surface area contributed by atoms with E-state index in [-0.39, 0.29) is 11.7 Å². The van der Waals surface area contributed by atoms with E-state index in [4.69, 9.17) is 5.73 Å². The lowest BCUT2D eigenvalue weighted by molar-refractivity contribution is -0.141. The smallest absolute Gasteiger partial charge is 0.396 e. The number of unbranched alkanes of at least 4 members (excludes halogenated alkanes) is 1. The van der Waals surface area contributed by atoms with Gasteiger partial charge in [0.15, 0.2) is 0 Å². The number of alkyl halides is 3. The molecule has 1 rings (SSSR count). The molecule has 1 atom stereocenters. The van der Waals surface area contributed by atoms with E-state index in [0.717, 1.165) is 31.5 Å². The van der Waals surface area contributed by atoms with Gasteiger partial charge in [-0.2, -0.15) is 13.2 Å². The van der Waals surface area contributed by atoms with Crippen LogP contribution in [0.15, 0.2) is 12.3 Å². The quantitative estimate of drug-likeness (QED) is 0.857. The van der Waals surface area contributed by atoms with Gasteiger partial charge in [-0.1, -0.05) is 20.3 Å². The Kier molecular flexibility index (Phi) is 5.65. The van der Waals surface area contributed by atoms with Crippen molar-refractivity contribution >= 4 is 11.4 Å². The molecule has 0 saturated heterocycles. The van der Waals surface area contributed by atoms with Crippen molar-refractivity contribution in [2.45, 2.75) is 52.3 Å². The Morgan fingerprint density at radius 2 is 2.00 bits per heavy atom. The fraction of sp³-hybridized carbons (Fsp3) is 0.643. The van der Waals surface area contributed by atoms with Crippen LogP contribution in [0.1, 0.15) is 45.7 Å². The molecule has 0 aliphatic carbocycles. The minimum atomic E-state index is -4.45. The summed E-state index contributed by atoms with van der Waals surface area (Å²) in [7, 11) is 0. The molecule has 0 aliphatic heterocycles. The molecule has 0 aliphatic rings. The van der Waals surface area contributed by atoms with Crippen LogP contribution in [0.2, 0.25) is 0 Å². The molecule has 6 heteroatoms. The van der Waals surface area contributed by atoms with E-state index in [9.17, 15) is 13.2 Å². The van der Waals surface area contributed by atoms with Crippen LogP contribution in [-0.2, 0) is 6.18 Å². The number of hydrogen-bond donors (Lipinski definition) is 1. The van der Waals surface area contributed by atoms with Gasteiger partial charge in [0, 0.05) is 12.6 Å². The number of pyridine rings is 1. The van der Waals surface area contributed by atoms with Crippen molar-refractivity contribution in [2.75, 3.05) is 17.2 Å². The lowest BCUT2D eigenvalue weighted by atomic mass is 10.1. The number of hydrogen-bond acceptors (Lipinski definition) is 3. The molecule has 3 nitrogen and oxygen atoms in total. The number of halogens is 3. The second-order valence-electron chi connectivity index (χ2n) is 4.93. The second kappa shape index (κ2) is 6.81. The Morgan fingerprint density at radius 3 is 2.50 bits per heavy atom. The van der Waals surface area contributed by atoms with Gasteiger partial charge < -0.3 is 10.6 Å². The molecule has 1 aromatic heterocycles. The minimum absolute atomic E-state index is 0.132. The van der Waals surface area contributed by atoms with Crippen molar-refractivity contribution in [3.05, 3.63) is 18.0 Å². The van der Waals surface area contributed by atoms with E-state index in [0.29, 0.717) is 12.2 Å². The standard InChI is InChI=1S/C14H22F3N3/c1-4-6-7-20(10(3)5-2)12-8-13(14(15,16)17)19-9-11(12)18/h8-10H,4-7,18H2,1-3H3. The van der Waals surface area contributed by atoms with Gasteiger partial charge in [-0.05, 0) is 25.8 Å². The molecular formula is C14H22F3N3. The number of rotatable bonds is 6. The molecule has 1 unspecified atom stereocenters. The van der Waals surface area contributed by atoms with E-state index in [1.807, 2.05) is 25.7 Å². The highest BCUT2D eigenvalue weighted by Crippen LogP contribution is 2.33. The zero-order valence-electron chi connectivity index (χ0n) is 12.2. The average Bonchev–Trinajstić information content (AvgIpc) is 2.39. The largest absolute Gasteiger partial charge is 0.433 e. The average molecular weight is 289 g/mol. The first-order chi connectivity index (χ1) is 9.31. The predicted molar refractivity (Wildman–Crippen MR) is 75.7 cm³/mol. The Hall–Kier alpha value is -1.46. The highest BCUT2D eigenvalue weighted by molar-refractivity contribution is 5.67. The van der Waals surface area contributed by atoms with E-state index < -0.39 is 11.9 Å². The SMILES string of the molecule is CCCCN(c1cc(C(F)(F)F)ncc1N)C(C)CC. The Labute approximate surface area is 118 Å². The third kappa shape index (κ3) is 4.02. The first-order valence-electron chi connectivity index (χ1n) is 6.90. The third-order valence-corrected chi connectivity index (χ3v) is 3.39. The fourth-order valence-electron chi connectivity index (χ4n) is 1.99. The fourth-order valence-corrected chi connectivity index (χ4v) is 1.99. The van der Waals surface area contributed by atoms with Crippen LogP contribution in [0.3, 0.4) is 0 Å². The van der Waals surface area contributed by atoms with Gasteiger partial charge >= 0.3 is 6.18 Å². The summed E-state index contributed by atoms with van der Waals surface area (Å²) in [5.74, 6) is 0. The molecule has 0 radical (unpaired) electrons. The van der Waals surface area contributed by atoms with Crippen molar-refractivity contribution in [3.63, 3.8) is 0 Å². The molecule has 114 valence electrons. The summed E-state index contributed by atoms with van der Waals surface area (Å²) < 4.78 is 38.3. The molecule has 1 heterocycles. The highest BCUT2D eigenvalue weighted by atomic mass is 19.4. The molecule has 0 amide bonds. The first kappa shape index (κ1) is 16.6. The van der Waals surface area contributed by atoms with Crippen LogP contribution in [0, 0.1) is 0 Å². The summed E-state index contributed by atoms with van der Waals surface area (Å²) >= 11 is 0. The summed E-state index contributed by atoms with van der Waals surface area (Å²) in [4.78, 5) is 5.32. The molecule has 1 aromatic rings. The molecule has 20 heavy (non-hydrogen) atoms. The van der Waals surface area contributed by atoms with Crippen LogP contribution in [-0.4, -0.2) is 17.6 Å². The van der Waals surface area contributed by atoms with Gasteiger partial charge in [0.1, 0.15) is 5.69 Å². The van der Waals surface area contributed by atoms with Crippen molar-refractivity contribution in [1.82, 2.24) is 4.98 Å². The molecule has 2 N–H and O–H groups in total. The van der Waals surface area contributed by atoms with Gasteiger partial charge in [0.2, 0.25) is 0 Å². The zero-order chi connectivity index (χ0) is 15.3. The summed E-state index contributed by atoms with van der Waals surface area (Å²) in [5.41, 5.74) is 5.64. The number of aromatic nitrogens is 1. The maximum absolute atomic E-state index is 12.8. The van der Waals surface area contributed by atoms with E-state index in [1.165, 1.54) is 0 Å². The zero-order valence-corrected chi connectivity index (χ0v) is 12.2. The maximum Gasteiger partial charge on any atom is 0.433 e. The van der Waals surface area contributed by atoms with Crippen molar-refractivity contribution < 1.29 is 13.2 Å². The van der Waals surface area contributed by atoms with Gasteiger partial charge in [0.05, 0.1) is 17.6 Å². The normalized spacial score (nSPS) is 13.3. The summed E-state index contributed by atoms with van der Waals surface area (Å²) in [6, 6.07) is 1.18. The maximum atomic E-state index is 12.8. The molecule has 0 fully saturated rings. The number of nitrogens with zero attached hydrogens (tertiary/aromatic N) is 2.